The summed E-state index contributed by atoms with van der Waals surface area (Å²) in [4.78, 5) is 10.8. The second-order valence-electron chi connectivity index (χ2n) is 2.51. The summed E-state index contributed by atoms with van der Waals surface area (Å²) in [5.74, 6) is -0.0534. The van der Waals surface area contributed by atoms with Crippen molar-refractivity contribution < 1.29 is 18.0 Å². The van der Waals surface area contributed by atoms with Crippen molar-refractivity contribution in [3.8, 4) is 0 Å². The molecule has 0 bridgehead atoms. The van der Waals surface area contributed by atoms with Crippen molar-refractivity contribution >= 4 is 11.8 Å². The van der Waals surface area contributed by atoms with Gasteiger partial charge in [0.2, 0.25) is 0 Å². The van der Waals surface area contributed by atoms with E-state index in [0.29, 0.717) is 0 Å². The molecule has 1 heterocycles. The van der Waals surface area contributed by atoms with Crippen LogP contribution in [-0.2, 0) is 6.18 Å². The third-order valence-electron chi connectivity index (χ3n) is 1.42. The van der Waals surface area contributed by atoms with Gasteiger partial charge in [-0.2, -0.15) is 13.2 Å². The average Bonchev–Trinajstić information content (AvgIpc) is 2.17. The maximum Gasteiger partial charge on any atom is 0.435 e. The first-order valence-electron chi connectivity index (χ1n) is 3.83. The summed E-state index contributed by atoms with van der Waals surface area (Å²) < 4.78 is 36.1. The second kappa shape index (κ2) is 4.11. The lowest BCUT2D eigenvalue weighted by Gasteiger charge is -2.05. The number of nitrogens with one attached hydrogen (secondary N) is 2. The van der Waals surface area contributed by atoms with Crippen LogP contribution < -0.4 is 10.6 Å². The van der Waals surface area contributed by atoms with Crippen molar-refractivity contribution in [3.05, 3.63) is 17.8 Å². The summed E-state index contributed by atoms with van der Waals surface area (Å²) >= 11 is 0. The highest BCUT2D eigenvalue weighted by Gasteiger charge is 2.32. The Labute approximate surface area is 82.7 Å². The van der Waals surface area contributed by atoms with Crippen LogP contribution in [0.5, 0.6) is 0 Å². The first-order chi connectivity index (χ1) is 6.93. The number of halogens is 3. The van der Waals surface area contributed by atoms with Gasteiger partial charge in [-0.25, -0.2) is 4.79 Å². The molecule has 0 spiro atoms. The Bertz CT molecular complexity index is 348. The molecule has 1 aromatic rings. The SMILES string of the molecule is CNC(=O)Nc1ccc(C(F)(F)F)nn1. The molecule has 0 aliphatic heterocycles. The number of rotatable bonds is 1. The minimum Gasteiger partial charge on any atom is -0.341 e. The maximum absolute atomic E-state index is 12.0. The molecule has 0 unspecified atom stereocenters. The minimum atomic E-state index is -4.53. The lowest BCUT2D eigenvalue weighted by Crippen LogP contribution is -2.25. The molecular weight excluding hydrogens is 213 g/mol. The summed E-state index contributed by atoms with van der Waals surface area (Å²) in [6.45, 7) is 0. The number of aromatic nitrogens is 2. The van der Waals surface area contributed by atoms with Crippen molar-refractivity contribution in [2.24, 2.45) is 0 Å². The van der Waals surface area contributed by atoms with Gasteiger partial charge >= 0.3 is 12.2 Å². The fraction of sp³-hybridized carbons (Fsp3) is 0.286. The van der Waals surface area contributed by atoms with E-state index in [1.165, 1.54) is 7.05 Å². The van der Waals surface area contributed by atoms with E-state index in [4.69, 9.17) is 0 Å². The fourth-order valence-electron chi connectivity index (χ4n) is 0.729. The molecule has 0 radical (unpaired) electrons. The van der Waals surface area contributed by atoms with Crippen molar-refractivity contribution in [1.82, 2.24) is 15.5 Å². The summed E-state index contributed by atoms with van der Waals surface area (Å²) in [5.41, 5.74) is -1.11. The molecule has 2 amide bonds. The number of amides is 2. The molecule has 0 atom stereocenters. The Morgan fingerprint density at radius 1 is 1.33 bits per heavy atom. The topological polar surface area (TPSA) is 66.9 Å². The Kier molecular flexibility index (Phi) is 3.08. The molecule has 82 valence electrons. The van der Waals surface area contributed by atoms with Crippen molar-refractivity contribution in [3.63, 3.8) is 0 Å². The first kappa shape index (κ1) is 11.2. The molecule has 0 aliphatic carbocycles. The number of carbonyl (C=O) groups is 1. The Balaban J connectivity index is 2.77. The maximum atomic E-state index is 12.0. The number of hydrogen-bond donors (Lipinski definition) is 2. The molecule has 0 aromatic carbocycles. The Hall–Kier alpha value is -1.86. The van der Waals surface area contributed by atoms with Gasteiger partial charge < -0.3 is 5.32 Å². The molecule has 5 nitrogen and oxygen atoms in total. The van der Waals surface area contributed by atoms with Crippen LogP contribution in [0.4, 0.5) is 23.8 Å². The molecule has 0 saturated carbocycles. The molecule has 2 N–H and O–H groups in total. The van der Waals surface area contributed by atoms with Crippen molar-refractivity contribution in [2.45, 2.75) is 6.18 Å². The summed E-state index contributed by atoms with van der Waals surface area (Å²) in [6, 6.07) is 1.17. The second-order valence-corrected chi connectivity index (χ2v) is 2.51. The van der Waals surface area contributed by atoms with E-state index in [9.17, 15) is 18.0 Å². The molecule has 1 rings (SSSR count). The zero-order valence-corrected chi connectivity index (χ0v) is 7.59. The fourth-order valence-corrected chi connectivity index (χ4v) is 0.729. The van der Waals surface area contributed by atoms with E-state index in [1.807, 2.05) is 0 Å². The normalized spacial score (nSPS) is 10.9. The number of urea groups is 1. The minimum absolute atomic E-state index is 0.0534. The van der Waals surface area contributed by atoms with Gasteiger partial charge in [-0.05, 0) is 12.1 Å². The van der Waals surface area contributed by atoms with E-state index in [0.717, 1.165) is 12.1 Å². The van der Waals surface area contributed by atoms with Crippen LogP contribution in [0.3, 0.4) is 0 Å². The predicted octanol–water partition coefficient (Wildman–Crippen LogP) is 1.25. The van der Waals surface area contributed by atoms with Gasteiger partial charge in [-0.3, -0.25) is 5.32 Å². The van der Waals surface area contributed by atoms with Gasteiger partial charge in [0, 0.05) is 7.05 Å². The van der Waals surface area contributed by atoms with Crippen LogP contribution >= 0.6 is 0 Å². The zero-order valence-electron chi connectivity index (χ0n) is 7.59. The van der Waals surface area contributed by atoms with Crippen molar-refractivity contribution in [2.75, 3.05) is 12.4 Å². The number of carbonyl (C=O) groups excluding carboxylic acids is 1. The lowest BCUT2D eigenvalue weighted by molar-refractivity contribution is -0.141. The molecular formula is C7H7F3N4O. The van der Waals surface area contributed by atoms with Crippen LogP contribution in [0, 0.1) is 0 Å². The van der Waals surface area contributed by atoms with Gasteiger partial charge in [-0.15, -0.1) is 10.2 Å². The molecule has 0 aliphatic rings. The number of nitrogens with zero attached hydrogens (tertiary/aromatic N) is 2. The van der Waals surface area contributed by atoms with Crippen LogP contribution in [0.25, 0.3) is 0 Å². The van der Waals surface area contributed by atoms with E-state index < -0.39 is 17.9 Å². The van der Waals surface area contributed by atoms with Crippen LogP contribution in [0.15, 0.2) is 12.1 Å². The van der Waals surface area contributed by atoms with E-state index in [2.05, 4.69) is 20.8 Å². The lowest BCUT2D eigenvalue weighted by atomic mass is 10.4. The molecule has 1 aromatic heterocycles. The number of hydrogen-bond acceptors (Lipinski definition) is 3. The summed E-state index contributed by atoms with van der Waals surface area (Å²) in [5, 5.41) is 10.5. The van der Waals surface area contributed by atoms with E-state index >= 15 is 0 Å². The quantitative estimate of drug-likeness (QED) is 0.748. The number of alkyl halides is 3. The Morgan fingerprint density at radius 3 is 2.40 bits per heavy atom. The van der Waals surface area contributed by atoms with Gasteiger partial charge in [0.25, 0.3) is 0 Å². The van der Waals surface area contributed by atoms with Gasteiger partial charge in [0.05, 0.1) is 0 Å². The highest BCUT2D eigenvalue weighted by atomic mass is 19.4. The first-order valence-corrected chi connectivity index (χ1v) is 3.83. The van der Waals surface area contributed by atoms with E-state index in [1.54, 1.807) is 0 Å². The largest absolute Gasteiger partial charge is 0.435 e. The van der Waals surface area contributed by atoms with Gasteiger partial charge in [0.1, 0.15) is 0 Å². The number of anilines is 1. The van der Waals surface area contributed by atoms with Gasteiger partial charge in [-0.1, -0.05) is 0 Å². The monoisotopic (exact) mass is 220 g/mol. The molecule has 0 saturated heterocycles. The highest BCUT2D eigenvalue weighted by molar-refractivity contribution is 5.87. The van der Waals surface area contributed by atoms with Crippen LogP contribution in [0.2, 0.25) is 0 Å². The zero-order chi connectivity index (χ0) is 11.5. The summed E-state index contributed by atoms with van der Waals surface area (Å²) in [6.07, 6.45) is -4.53. The average molecular weight is 220 g/mol. The van der Waals surface area contributed by atoms with Gasteiger partial charge in [0.15, 0.2) is 11.5 Å². The third-order valence-corrected chi connectivity index (χ3v) is 1.42. The standard InChI is InChI=1S/C7H7F3N4O/c1-11-6(15)12-5-3-2-4(13-14-5)7(8,9)10/h2-3H,1H3,(H2,11,12,14,15). The van der Waals surface area contributed by atoms with E-state index in [-0.39, 0.29) is 5.82 Å². The third kappa shape index (κ3) is 3.08. The summed E-state index contributed by atoms with van der Waals surface area (Å²) in [7, 11) is 1.37. The van der Waals surface area contributed by atoms with Crippen LogP contribution in [-0.4, -0.2) is 23.3 Å². The predicted molar refractivity (Wildman–Crippen MR) is 45.1 cm³/mol. The highest BCUT2D eigenvalue weighted by Crippen LogP contribution is 2.26. The Morgan fingerprint density at radius 2 is 2.00 bits per heavy atom. The molecule has 0 fully saturated rings. The molecule has 8 heteroatoms. The molecule has 15 heavy (non-hydrogen) atoms. The van der Waals surface area contributed by atoms with Crippen molar-refractivity contribution in [1.29, 1.82) is 0 Å². The van der Waals surface area contributed by atoms with Crippen LogP contribution in [0.1, 0.15) is 5.69 Å². The smallest absolute Gasteiger partial charge is 0.341 e.